The lowest BCUT2D eigenvalue weighted by molar-refractivity contribution is 0.0952. The van der Waals surface area contributed by atoms with Gasteiger partial charge in [0.05, 0.1) is 17.3 Å². The lowest BCUT2D eigenvalue weighted by Crippen LogP contribution is -2.31. The molecule has 0 saturated heterocycles. The largest absolute Gasteiger partial charge is 0.495 e. The molecule has 3 aromatic rings. The predicted molar refractivity (Wildman–Crippen MR) is 117 cm³/mol. The summed E-state index contributed by atoms with van der Waals surface area (Å²) in [5.41, 5.74) is 3.70. The Hall–Kier alpha value is -2.69. The van der Waals surface area contributed by atoms with Gasteiger partial charge in [-0.25, -0.2) is 13.8 Å². The molecule has 0 radical (unpaired) electrons. The van der Waals surface area contributed by atoms with Crippen LogP contribution in [0.15, 0.2) is 52.5 Å². The third kappa shape index (κ3) is 4.11. The summed E-state index contributed by atoms with van der Waals surface area (Å²) in [6.07, 6.45) is 0. The van der Waals surface area contributed by atoms with E-state index in [9.17, 15) is 13.2 Å². The second kappa shape index (κ2) is 8.99. The Kier molecular flexibility index (Phi) is 6.59. The number of sulfonamides is 1. The Morgan fingerprint density at radius 2 is 1.90 bits per heavy atom. The number of benzene rings is 2. The second-order valence-corrected chi connectivity index (χ2v) is 9.33. The van der Waals surface area contributed by atoms with Gasteiger partial charge in [0.15, 0.2) is 0 Å². The van der Waals surface area contributed by atoms with Crippen LogP contribution in [0.2, 0.25) is 0 Å². The molecule has 1 N–H and O–H groups in total. The van der Waals surface area contributed by atoms with Crippen LogP contribution in [0.4, 0.5) is 0 Å². The van der Waals surface area contributed by atoms with Gasteiger partial charge in [0.2, 0.25) is 14.8 Å². The number of fused-ring (bicyclic) bond motifs is 1. The number of thiazole rings is 1. The van der Waals surface area contributed by atoms with Crippen molar-refractivity contribution in [2.45, 2.75) is 18.7 Å². The molecule has 0 aliphatic carbocycles. The quantitative estimate of drug-likeness (QED) is 0.562. The van der Waals surface area contributed by atoms with E-state index in [-0.39, 0.29) is 16.2 Å². The molecule has 0 atom stereocenters. The number of methoxy groups -OCH3 is 1. The minimum atomic E-state index is -3.80. The van der Waals surface area contributed by atoms with Gasteiger partial charge in [0.1, 0.15) is 10.6 Å². The Bertz CT molecular complexity index is 1240. The number of ether oxygens (including phenoxy) is 1. The molecular formula is C20H24N4O4S2. The van der Waals surface area contributed by atoms with Crippen LogP contribution in [-0.4, -0.2) is 43.4 Å². The molecule has 10 heteroatoms. The Labute approximate surface area is 179 Å². The zero-order valence-electron chi connectivity index (χ0n) is 17.2. The standard InChI is InChI=1S/C20H24N4O4S2/c1-5-24(6-2)30(26,27)18-13-14(11-12-16(18)28-4)19(25)21-22-20-23(3)15-9-7-8-10-17(15)29-20/h7-13H,5-6H2,1-4H3,(H,21,25)/b22-20-. The van der Waals surface area contributed by atoms with Crippen LogP contribution >= 0.6 is 11.3 Å². The van der Waals surface area contributed by atoms with Crippen molar-refractivity contribution in [3.05, 3.63) is 52.8 Å². The molecule has 30 heavy (non-hydrogen) atoms. The second-order valence-electron chi connectivity index (χ2n) is 6.42. The van der Waals surface area contributed by atoms with E-state index in [1.807, 2.05) is 35.9 Å². The van der Waals surface area contributed by atoms with Crippen LogP contribution in [0.1, 0.15) is 24.2 Å². The van der Waals surface area contributed by atoms with Gasteiger partial charge in [-0.05, 0) is 30.3 Å². The molecule has 1 aromatic heterocycles. The average molecular weight is 449 g/mol. The van der Waals surface area contributed by atoms with E-state index >= 15 is 0 Å². The maximum atomic E-state index is 13.0. The number of amides is 1. The summed E-state index contributed by atoms with van der Waals surface area (Å²) in [5.74, 6) is -0.322. The van der Waals surface area contributed by atoms with Crippen molar-refractivity contribution >= 4 is 37.5 Å². The van der Waals surface area contributed by atoms with Gasteiger partial charge in [-0.2, -0.15) is 4.31 Å². The van der Waals surface area contributed by atoms with Crippen molar-refractivity contribution < 1.29 is 17.9 Å². The molecule has 0 spiro atoms. The molecule has 1 amide bonds. The Balaban J connectivity index is 1.96. The van der Waals surface area contributed by atoms with Gasteiger partial charge in [-0.1, -0.05) is 37.3 Å². The summed E-state index contributed by atoms with van der Waals surface area (Å²) < 4.78 is 35.4. The molecule has 0 saturated carbocycles. The number of hydrogen-bond acceptors (Lipinski definition) is 6. The number of carbonyl (C=O) groups excluding carboxylic acids is 1. The highest BCUT2D eigenvalue weighted by atomic mass is 32.2. The molecular weight excluding hydrogens is 424 g/mol. The highest BCUT2D eigenvalue weighted by Gasteiger charge is 2.26. The highest BCUT2D eigenvalue weighted by molar-refractivity contribution is 7.89. The third-order valence-electron chi connectivity index (χ3n) is 4.72. The molecule has 0 aliphatic rings. The van der Waals surface area contributed by atoms with E-state index in [0.717, 1.165) is 10.2 Å². The van der Waals surface area contributed by atoms with E-state index in [1.54, 1.807) is 13.8 Å². The number of aromatic nitrogens is 1. The van der Waals surface area contributed by atoms with Gasteiger partial charge in [-0.15, -0.1) is 5.10 Å². The van der Waals surface area contributed by atoms with Crippen LogP contribution in [0.5, 0.6) is 5.75 Å². The highest BCUT2D eigenvalue weighted by Crippen LogP contribution is 2.28. The number of aryl methyl sites for hydroxylation is 1. The lowest BCUT2D eigenvalue weighted by Gasteiger charge is -2.20. The summed E-state index contributed by atoms with van der Waals surface area (Å²) in [5, 5.41) is 4.21. The lowest BCUT2D eigenvalue weighted by atomic mass is 10.2. The van der Waals surface area contributed by atoms with Crippen molar-refractivity contribution in [1.82, 2.24) is 14.3 Å². The maximum absolute atomic E-state index is 13.0. The monoisotopic (exact) mass is 448 g/mol. The average Bonchev–Trinajstić information content (AvgIpc) is 3.08. The molecule has 0 aliphatic heterocycles. The van der Waals surface area contributed by atoms with Crippen molar-refractivity contribution in [2.24, 2.45) is 12.1 Å². The van der Waals surface area contributed by atoms with Gasteiger partial charge in [0, 0.05) is 25.7 Å². The van der Waals surface area contributed by atoms with Crippen LogP contribution in [0, 0.1) is 0 Å². The molecule has 1 heterocycles. The smallest absolute Gasteiger partial charge is 0.271 e. The Morgan fingerprint density at radius 3 is 2.53 bits per heavy atom. The van der Waals surface area contributed by atoms with Gasteiger partial charge >= 0.3 is 0 Å². The number of carbonyl (C=O) groups is 1. The number of nitrogens with zero attached hydrogens (tertiary/aromatic N) is 3. The summed E-state index contributed by atoms with van der Waals surface area (Å²) in [7, 11) is -0.532. The first-order valence-electron chi connectivity index (χ1n) is 9.40. The molecule has 0 fully saturated rings. The molecule has 0 unspecified atom stereocenters. The first-order valence-corrected chi connectivity index (χ1v) is 11.7. The van der Waals surface area contributed by atoms with E-state index < -0.39 is 15.9 Å². The number of para-hydroxylation sites is 1. The molecule has 2 aromatic carbocycles. The van der Waals surface area contributed by atoms with Crippen LogP contribution < -0.4 is 15.0 Å². The maximum Gasteiger partial charge on any atom is 0.271 e. The van der Waals surface area contributed by atoms with Gasteiger partial charge < -0.3 is 9.30 Å². The summed E-state index contributed by atoms with van der Waals surface area (Å²) in [4.78, 5) is 13.2. The van der Waals surface area contributed by atoms with Crippen molar-refractivity contribution in [2.75, 3.05) is 20.2 Å². The predicted octanol–water partition coefficient (Wildman–Crippen LogP) is 2.52. The van der Waals surface area contributed by atoms with Gasteiger partial charge in [-0.3, -0.25) is 4.79 Å². The van der Waals surface area contributed by atoms with E-state index in [0.29, 0.717) is 17.9 Å². The van der Waals surface area contributed by atoms with Gasteiger partial charge in [0.25, 0.3) is 5.91 Å². The van der Waals surface area contributed by atoms with Crippen molar-refractivity contribution in [3.63, 3.8) is 0 Å². The van der Waals surface area contributed by atoms with E-state index in [4.69, 9.17) is 4.74 Å². The zero-order chi connectivity index (χ0) is 21.9. The topological polar surface area (TPSA) is 93.0 Å². The summed E-state index contributed by atoms with van der Waals surface area (Å²) >= 11 is 1.44. The summed E-state index contributed by atoms with van der Waals surface area (Å²) in [6.45, 7) is 4.15. The third-order valence-corrected chi connectivity index (χ3v) is 7.90. The fourth-order valence-electron chi connectivity index (χ4n) is 3.07. The fraction of sp³-hybridized carbons (Fsp3) is 0.300. The number of nitrogens with one attached hydrogen (secondary N) is 1. The minimum Gasteiger partial charge on any atom is -0.495 e. The van der Waals surface area contributed by atoms with Crippen LogP contribution in [0.3, 0.4) is 0 Å². The molecule has 8 nitrogen and oxygen atoms in total. The number of hydrogen-bond donors (Lipinski definition) is 1. The van der Waals surface area contributed by atoms with E-state index in [2.05, 4.69) is 10.5 Å². The normalized spacial score (nSPS) is 12.5. The first-order chi connectivity index (χ1) is 14.3. The minimum absolute atomic E-state index is 0.0474. The molecule has 160 valence electrons. The van der Waals surface area contributed by atoms with Crippen LogP contribution in [-0.2, 0) is 17.1 Å². The SMILES string of the molecule is CCN(CC)S(=O)(=O)c1cc(C(=O)N/N=c2\sc3ccccc3n2C)ccc1OC. The van der Waals surface area contributed by atoms with Crippen LogP contribution in [0.25, 0.3) is 10.2 Å². The Morgan fingerprint density at radius 1 is 1.20 bits per heavy atom. The van der Waals surface area contributed by atoms with Crippen molar-refractivity contribution in [1.29, 1.82) is 0 Å². The summed E-state index contributed by atoms with van der Waals surface area (Å²) in [6, 6.07) is 12.1. The molecule has 0 bridgehead atoms. The van der Waals surface area contributed by atoms with Crippen molar-refractivity contribution in [3.8, 4) is 5.75 Å². The number of rotatable bonds is 7. The zero-order valence-corrected chi connectivity index (χ0v) is 18.9. The first kappa shape index (κ1) is 22.0. The molecule has 3 rings (SSSR count). The fourth-order valence-corrected chi connectivity index (χ4v) is 5.69. The van der Waals surface area contributed by atoms with E-state index in [1.165, 1.54) is 41.0 Å².